The molecule has 1 aliphatic heterocycles. The quantitative estimate of drug-likeness (QED) is 0.902. The first-order valence-corrected chi connectivity index (χ1v) is 9.64. The molecule has 1 aromatic rings. The topological polar surface area (TPSA) is 75.7 Å². The Bertz CT molecular complexity index is 645. The van der Waals surface area contributed by atoms with Crippen LogP contribution < -0.4 is 5.32 Å². The monoisotopic (exact) mass is 354 g/mol. The summed E-state index contributed by atoms with van der Waals surface area (Å²) in [6.45, 7) is 6.91. The largest absolute Gasteiger partial charge is 0.444 e. The minimum atomic E-state index is -3.42. The van der Waals surface area contributed by atoms with Gasteiger partial charge in [0.05, 0.1) is 4.90 Å². The Hall–Kier alpha value is -1.60. The predicted molar refractivity (Wildman–Crippen MR) is 92.2 cm³/mol. The average Bonchev–Trinajstić information content (AvgIpc) is 2.52. The number of hydrogen-bond donors (Lipinski definition) is 1. The zero-order valence-electron chi connectivity index (χ0n) is 14.5. The number of rotatable bonds is 4. The SMILES string of the molecule is CC(C)(C)OC(=O)NCC1CCN(S(=O)(=O)c2ccccc2)CC1. The minimum Gasteiger partial charge on any atom is -0.444 e. The highest BCUT2D eigenvalue weighted by Gasteiger charge is 2.29. The summed E-state index contributed by atoms with van der Waals surface area (Å²) in [5, 5.41) is 2.77. The molecule has 0 radical (unpaired) electrons. The molecule has 7 heteroatoms. The number of carbonyl (C=O) groups is 1. The van der Waals surface area contributed by atoms with Crippen LogP contribution in [0.15, 0.2) is 35.2 Å². The van der Waals surface area contributed by atoms with Gasteiger partial charge in [0, 0.05) is 19.6 Å². The first-order chi connectivity index (χ1) is 11.2. The molecule has 2 rings (SSSR count). The number of alkyl carbamates (subject to hydrolysis) is 1. The molecule has 1 aromatic carbocycles. The summed E-state index contributed by atoms with van der Waals surface area (Å²) in [5.74, 6) is 0.264. The summed E-state index contributed by atoms with van der Waals surface area (Å²) >= 11 is 0. The number of piperidine rings is 1. The van der Waals surface area contributed by atoms with Crippen molar-refractivity contribution < 1.29 is 17.9 Å². The van der Waals surface area contributed by atoms with Crippen molar-refractivity contribution in [3.05, 3.63) is 30.3 Å². The van der Waals surface area contributed by atoms with Gasteiger partial charge in [-0.15, -0.1) is 0 Å². The predicted octanol–water partition coefficient (Wildman–Crippen LogP) is 2.61. The van der Waals surface area contributed by atoms with E-state index in [0.29, 0.717) is 24.5 Å². The van der Waals surface area contributed by atoms with Gasteiger partial charge in [-0.25, -0.2) is 13.2 Å². The fourth-order valence-corrected chi connectivity index (χ4v) is 4.13. The van der Waals surface area contributed by atoms with Gasteiger partial charge < -0.3 is 10.1 Å². The molecule has 1 saturated heterocycles. The van der Waals surface area contributed by atoms with Crippen LogP contribution in [-0.4, -0.2) is 44.1 Å². The second-order valence-electron chi connectivity index (χ2n) is 7.04. The zero-order chi connectivity index (χ0) is 17.8. The van der Waals surface area contributed by atoms with Crippen LogP contribution in [-0.2, 0) is 14.8 Å². The van der Waals surface area contributed by atoms with Crippen molar-refractivity contribution in [3.63, 3.8) is 0 Å². The summed E-state index contributed by atoms with van der Waals surface area (Å²) < 4.78 is 31.8. The number of nitrogens with one attached hydrogen (secondary N) is 1. The molecule has 134 valence electrons. The molecule has 0 unspecified atom stereocenters. The molecule has 0 bridgehead atoms. The van der Waals surface area contributed by atoms with E-state index < -0.39 is 21.7 Å². The molecule has 24 heavy (non-hydrogen) atoms. The molecule has 1 N–H and O–H groups in total. The molecule has 0 aliphatic carbocycles. The lowest BCUT2D eigenvalue weighted by molar-refractivity contribution is 0.0513. The lowest BCUT2D eigenvalue weighted by atomic mass is 9.98. The van der Waals surface area contributed by atoms with Crippen LogP contribution in [0.2, 0.25) is 0 Å². The summed E-state index contributed by atoms with van der Waals surface area (Å²) in [6, 6.07) is 8.49. The number of sulfonamides is 1. The van der Waals surface area contributed by atoms with Gasteiger partial charge in [-0.05, 0) is 51.7 Å². The standard InChI is InChI=1S/C17H26N2O4S/c1-17(2,3)23-16(20)18-13-14-9-11-19(12-10-14)24(21,22)15-7-5-4-6-8-15/h4-8,14H,9-13H2,1-3H3,(H,18,20). The van der Waals surface area contributed by atoms with Crippen LogP contribution >= 0.6 is 0 Å². The molecule has 6 nitrogen and oxygen atoms in total. The Labute approximate surface area is 144 Å². The lowest BCUT2D eigenvalue weighted by Gasteiger charge is -2.31. The Morgan fingerprint density at radius 1 is 1.21 bits per heavy atom. The Morgan fingerprint density at radius 3 is 2.33 bits per heavy atom. The van der Waals surface area contributed by atoms with Crippen molar-refractivity contribution >= 4 is 16.1 Å². The number of benzene rings is 1. The molecule has 1 aliphatic rings. The van der Waals surface area contributed by atoms with Crippen LogP contribution in [0.25, 0.3) is 0 Å². The van der Waals surface area contributed by atoms with Gasteiger partial charge in [0.1, 0.15) is 5.60 Å². The lowest BCUT2D eigenvalue weighted by Crippen LogP contribution is -2.42. The minimum absolute atomic E-state index is 0.264. The van der Waals surface area contributed by atoms with E-state index in [-0.39, 0.29) is 5.92 Å². The highest BCUT2D eigenvalue weighted by Crippen LogP contribution is 2.23. The molecule has 1 amide bonds. The third-order valence-corrected chi connectivity index (χ3v) is 5.80. The van der Waals surface area contributed by atoms with E-state index in [2.05, 4.69) is 5.32 Å². The molecule has 1 fully saturated rings. The van der Waals surface area contributed by atoms with E-state index in [0.717, 1.165) is 12.8 Å². The van der Waals surface area contributed by atoms with Gasteiger partial charge in [0.15, 0.2) is 0 Å². The zero-order valence-corrected chi connectivity index (χ0v) is 15.3. The smallest absolute Gasteiger partial charge is 0.407 e. The number of hydrogen-bond acceptors (Lipinski definition) is 4. The highest BCUT2D eigenvalue weighted by atomic mass is 32.2. The molecule has 1 heterocycles. The molecule has 0 spiro atoms. The van der Waals surface area contributed by atoms with E-state index in [4.69, 9.17) is 4.74 Å². The number of ether oxygens (including phenoxy) is 1. The molecule has 0 atom stereocenters. The van der Waals surface area contributed by atoms with Gasteiger partial charge in [0.25, 0.3) is 0 Å². The van der Waals surface area contributed by atoms with Crippen LogP contribution in [0.5, 0.6) is 0 Å². The van der Waals surface area contributed by atoms with E-state index in [1.807, 2.05) is 20.8 Å². The van der Waals surface area contributed by atoms with Gasteiger partial charge in [-0.3, -0.25) is 0 Å². The third kappa shape index (κ3) is 5.21. The van der Waals surface area contributed by atoms with Crippen molar-refractivity contribution in [2.45, 2.75) is 44.1 Å². The van der Waals surface area contributed by atoms with E-state index in [9.17, 15) is 13.2 Å². The summed E-state index contributed by atoms with van der Waals surface area (Å²) in [6.07, 6.45) is 1.02. The Morgan fingerprint density at radius 2 is 1.79 bits per heavy atom. The maximum atomic E-state index is 12.6. The van der Waals surface area contributed by atoms with E-state index in [1.54, 1.807) is 30.3 Å². The van der Waals surface area contributed by atoms with Crippen LogP contribution in [0.3, 0.4) is 0 Å². The van der Waals surface area contributed by atoms with E-state index >= 15 is 0 Å². The number of amides is 1. The Balaban J connectivity index is 1.83. The van der Waals surface area contributed by atoms with Crippen molar-refractivity contribution in [2.24, 2.45) is 5.92 Å². The number of carbonyl (C=O) groups excluding carboxylic acids is 1. The van der Waals surface area contributed by atoms with Crippen molar-refractivity contribution in [1.82, 2.24) is 9.62 Å². The van der Waals surface area contributed by atoms with Crippen LogP contribution in [0.1, 0.15) is 33.6 Å². The fraction of sp³-hybridized carbons (Fsp3) is 0.588. The van der Waals surface area contributed by atoms with Crippen molar-refractivity contribution in [2.75, 3.05) is 19.6 Å². The normalized spacial score (nSPS) is 17.5. The highest BCUT2D eigenvalue weighted by molar-refractivity contribution is 7.89. The van der Waals surface area contributed by atoms with Crippen molar-refractivity contribution in [3.8, 4) is 0 Å². The molecule has 0 aromatic heterocycles. The molecular weight excluding hydrogens is 328 g/mol. The maximum absolute atomic E-state index is 12.6. The second-order valence-corrected chi connectivity index (χ2v) is 8.98. The van der Waals surface area contributed by atoms with E-state index in [1.165, 1.54) is 4.31 Å². The summed E-state index contributed by atoms with van der Waals surface area (Å²) in [4.78, 5) is 12.0. The van der Waals surface area contributed by atoms with Crippen LogP contribution in [0, 0.1) is 5.92 Å². The van der Waals surface area contributed by atoms with Crippen molar-refractivity contribution in [1.29, 1.82) is 0 Å². The fourth-order valence-electron chi connectivity index (χ4n) is 2.64. The summed E-state index contributed by atoms with van der Waals surface area (Å²) in [5.41, 5.74) is -0.517. The first kappa shape index (κ1) is 18.7. The first-order valence-electron chi connectivity index (χ1n) is 8.20. The maximum Gasteiger partial charge on any atom is 0.407 e. The number of nitrogens with zero attached hydrogens (tertiary/aromatic N) is 1. The van der Waals surface area contributed by atoms with Crippen LogP contribution in [0.4, 0.5) is 4.79 Å². The second kappa shape index (κ2) is 7.53. The molecule has 0 saturated carbocycles. The third-order valence-electron chi connectivity index (χ3n) is 3.89. The van der Waals surface area contributed by atoms with Gasteiger partial charge in [-0.1, -0.05) is 18.2 Å². The summed E-state index contributed by atoms with van der Waals surface area (Å²) in [7, 11) is -3.42. The van der Waals surface area contributed by atoms with Gasteiger partial charge in [-0.2, -0.15) is 4.31 Å². The average molecular weight is 354 g/mol. The Kier molecular flexibility index (Phi) is 5.87. The molecular formula is C17H26N2O4S. The van der Waals surface area contributed by atoms with Gasteiger partial charge >= 0.3 is 6.09 Å². The van der Waals surface area contributed by atoms with Gasteiger partial charge in [0.2, 0.25) is 10.0 Å².